The van der Waals surface area contributed by atoms with E-state index in [1.807, 2.05) is 60.0 Å². The number of hydrogen-bond donors (Lipinski definition) is 2. The number of benzene rings is 2. The molecule has 2 aromatic carbocycles. The Morgan fingerprint density at radius 2 is 1.75 bits per heavy atom. The van der Waals surface area contributed by atoms with Crippen molar-refractivity contribution in [3.8, 4) is 5.75 Å². The zero-order valence-corrected chi connectivity index (χ0v) is 18.7. The number of nitrogens with zero attached hydrogens (tertiary/aromatic N) is 1. The van der Waals surface area contributed by atoms with E-state index in [2.05, 4.69) is 15.6 Å². The SMILES string of the molecule is O=C(Cc1csc(NC(=O)c2ccsc2)n1)NCc1ccc(OCc2ccccc2)cc1. The summed E-state index contributed by atoms with van der Waals surface area (Å²) >= 11 is 2.76. The Morgan fingerprint density at radius 3 is 2.50 bits per heavy atom. The molecular formula is C24H21N3O3S2. The van der Waals surface area contributed by atoms with Crippen LogP contribution in [0.15, 0.2) is 76.8 Å². The van der Waals surface area contributed by atoms with Gasteiger partial charge in [0, 0.05) is 17.3 Å². The molecule has 4 aromatic rings. The molecule has 8 heteroatoms. The van der Waals surface area contributed by atoms with Gasteiger partial charge >= 0.3 is 0 Å². The number of nitrogens with one attached hydrogen (secondary N) is 2. The molecule has 0 unspecified atom stereocenters. The third kappa shape index (κ3) is 6.26. The van der Waals surface area contributed by atoms with Crippen molar-refractivity contribution in [2.75, 3.05) is 5.32 Å². The van der Waals surface area contributed by atoms with Crippen LogP contribution < -0.4 is 15.4 Å². The van der Waals surface area contributed by atoms with Crippen LogP contribution in [0.3, 0.4) is 0 Å². The van der Waals surface area contributed by atoms with Crippen LogP contribution in [0.2, 0.25) is 0 Å². The normalized spacial score (nSPS) is 10.5. The molecule has 2 amide bonds. The fourth-order valence-electron chi connectivity index (χ4n) is 2.88. The molecule has 0 aliphatic heterocycles. The van der Waals surface area contributed by atoms with Crippen LogP contribution in [0, 0.1) is 0 Å². The van der Waals surface area contributed by atoms with Crippen LogP contribution in [0.1, 0.15) is 27.2 Å². The summed E-state index contributed by atoms with van der Waals surface area (Å²) in [6, 6.07) is 19.4. The molecule has 2 heterocycles. The van der Waals surface area contributed by atoms with E-state index in [0.29, 0.717) is 29.5 Å². The zero-order valence-electron chi connectivity index (χ0n) is 17.1. The first kappa shape index (κ1) is 21.7. The highest BCUT2D eigenvalue weighted by Crippen LogP contribution is 2.18. The molecular weight excluding hydrogens is 442 g/mol. The Bertz CT molecular complexity index is 1160. The van der Waals surface area contributed by atoms with Gasteiger partial charge in [-0.2, -0.15) is 11.3 Å². The van der Waals surface area contributed by atoms with Gasteiger partial charge in [-0.25, -0.2) is 4.98 Å². The molecule has 32 heavy (non-hydrogen) atoms. The molecule has 0 radical (unpaired) electrons. The fourth-order valence-corrected chi connectivity index (χ4v) is 4.22. The largest absolute Gasteiger partial charge is 0.489 e. The lowest BCUT2D eigenvalue weighted by Crippen LogP contribution is -2.24. The predicted octanol–water partition coefficient (Wildman–Crippen LogP) is 4.89. The highest BCUT2D eigenvalue weighted by atomic mass is 32.1. The van der Waals surface area contributed by atoms with E-state index in [1.54, 1.807) is 16.8 Å². The summed E-state index contributed by atoms with van der Waals surface area (Å²) in [7, 11) is 0. The second kappa shape index (κ2) is 10.7. The highest BCUT2D eigenvalue weighted by Gasteiger charge is 2.11. The highest BCUT2D eigenvalue weighted by molar-refractivity contribution is 7.14. The molecule has 0 aliphatic rings. The summed E-state index contributed by atoms with van der Waals surface area (Å²) in [6.07, 6.45) is 0.156. The molecule has 0 fully saturated rings. The average molecular weight is 464 g/mol. The Labute approximate surface area is 193 Å². The van der Waals surface area contributed by atoms with E-state index in [4.69, 9.17) is 4.74 Å². The summed E-state index contributed by atoms with van der Waals surface area (Å²) < 4.78 is 5.78. The second-order valence-electron chi connectivity index (χ2n) is 6.98. The van der Waals surface area contributed by atoms with Gasteiger partial charge in [-0.05, 0) is 34.7 Å². The minimum Gasteiger partial charge on any atom is -0.489 e. The predicted molar refractivity (Wildman–Crippen MR) is 127 cm³/mol. The number of carbonyl (C=O) groups is 2. The second-order valence-corrected chi connectivity index (χ2v) is 8.62. The van der Waals surface area contributed by atoms with Gasteiger partial charge in [0.15, 0.2) is 5.13 Å². The molecule has 0 atom stereocenters. The number of carbonyl (C=O) groups excluding carboxylic acids is 2. The molecule has 162 valence electrons. The standard InChI is InChI=1S/C24H21N3O3S2/c28-22(12-20-16-32-24(26-20)27-23(29)19-10-11-31-15-19)25-13-17-6-8-21(9-7-17)30-14-18-4-2-1-3-5-18/h1-11,15-16H,12-14H2,(H,25,28)(H,26,27,29). The lowest BCUT2D eigenvalue weighted by molar-refractivity contribution is -0.120. The van der Waals surface area contributed by atoms with Crippen LogP contribution in [0.25, 0.3) is 0 Å². The smallest absolute Gasteiger partial charge is 0.258 e. The Balaban J connectivity index is 1.21. The van der Waals surface area contributed by atoms with Gasteiger partial charge in [0.2, 0.25) is 5.91 Å². The molecule has 2 aromatic heterocycles. The van der Waals surface area contributed by atoms with Crippen molar-refractivity contribution in [1.82, 2.24) is 10.3 Å². The Morgan fingerprint density at radius 1 is 0.938 bits per heavy atom. The van der Waals surface area contributed by atoms with E-state index in [1.165, 1.54) is 22.7 Å². The van der Waals surface area contributed by atoms with Gasteiger partial charge in [0.05, 0.1) is 17.7 Å². The van der Waals surface area contributed by atoms with Crippen LogP contribution in [-0.2, 0) is 24.4 Å². The first-order chi connectivity index (χ1) is 15.7. The zero-order chi connectivity index (χ0) is 22.2. The number of aromatic nitrogens is 1. The Hall–Kier alpha value is -3.49. The van der Waals surface area contributed by atoms with Crippen molar-refractivity contribution in [1.29, 1.82) is 0 Å². The maximum atomic E-state index is 12.3. The summed E-state index contributed by atoms with van der Waals surface area (Å²) in [4.78, 5) is 28.7. The lowest BCUT2D eigenvalue weighted by Gasteiger charge is -2.08. The van der Waals surface area contributed by atoms with E-state index in [9.17, 15) is 9.59 Å². The quantitative estimate of drug-likeness (QED) is 0.370. The summed E-state index contributed by atoms with van der Waals surface area (Å²) in [5.74, 6) is 0.451. The van der Waals surface area contributed by atoms with Crippen LogP contribution in [0.5, 0.6) is 5.75 Å². The number of amides is 2. The number of hydrogen-bond acceptors (Lipinski definition) is 6. The summed E-state index contributed by atoms with van der Waals surface area (Å²) in [6.45, 7) is 0.934. The van der Waals surface area contributed by atoms with Crippen molar-refractivity contribution in [3.63, 3.8) is 0 Å². The minimum atomic E-state index is -0.201. The molecule has 0 saturated carbocycles. The number of anilines is 1. The molecule has 0 aliphatic carbocycles. The first-order valence-electron chi connectivity index (χ1n) is 9.96. The van der Waals surface area contributed by atoms with Crippen molar-refractivity contribution in [2.24, 2.45) is 0 Å². The van der Waals surface area contributed by atoms with Crippen molar-refractivity contribution in [2.45, 2.75) is 19.6 Å². The maximum Gasteiger partial charge on any atom is 0.258 e. The molecule has 0 bridgehead atoms. The number of ether oxygens (including phenoxy) is 1. The molecule has 0 saturated heterocycles. The lowest BCUT2D eigenvalue weighted by atomic mass is 10.2. The third-order valence-corrected chi connectivity index (χ3v) is 6.05. The van der Waals surface area contributed by atoms with Gasteiger partial charge in [0.25, 0.3) is 5.91 Å². The van der Waals surface area contributed by atoms with Crippen LogP contribution >= 0.6 is 22.7 Å². The summed E-state index contributed by atoms with van der Waals surface area (Å²) in [5, 5.41) is 11.5. The molecule has 0 spiro atoms. The fraction of sp³-hybridized carbons (Fsp3) is 0.125. The van der Waals surface area contributed by atoms with E-state index in [0.717, 1.165) is 16.9 Å². The van der Waals surface area contributed by atoms with Gasteiger partial charge < -0.3 is 10.1 Å². The van der Waals surface area contributed by atoms with Crippen LogP contribution in [0.4, 0.5) is 5.13 Å². The molecule has 2 N–H and O–H groups in total. The monoisotopic (exact) mass is 463 g/mol. The van der Waals surface area contributed by atoms with Crippen molar-refractivity contribution < 1.29 is 14.3 Å². The molecule has 4 rings (SSSR count). The average Bonchev–Trinajstić information content (AvgIpc) is 3.50. The third-order valence-electron chi connectivity index (χ3n) is 4.56. The van der Waals surface area contributed by atoms with Gasteiger partial charge in [0.1, 0.15) is 12.4 Å². The number of thiazole rings is 1. The van der Waals surface area contributed by atoms with Crippen LogP contribution in [-0.4, -0.2) is 16.8 Å². The van der Waals surface area contributed by atoms with Gasteiger partial charge in [-0.15, -0.1) is 11.3 Å². The Kier molecular flexibility index (Phi) is 7.27. The topological polar surface area (TPSA) is 80.3 Å². The first-order valence-corrected chi connectivity index (χ1v) is 11.8. The minimum absolute atomic E-state index is 0.129. The molecule has 6 nitrogen and oxygen atoms in total. The maximum absolute atomic E-state index is 12.3. The van der Waals surface area contributed by atoms with E-state index < -0.39 is 0 Å². The van der Waals surface area contributed by atoms with E-state index >= 15 is 0 Å². The number of thiophene rings is 1. The summed E-state index contributed by atoms with van der Waals surface area (Å²) in [5.41, 5.74) is 3.31. The van der Waals surface area contributed by atoms with Crippen molar-refractivity contribution >= 4 is 39.6 Å². The van der Waals surface area contributed by atoms with Gasteiger partial charge in [-0.1, -0.05) is 42.5 Å². The van der Waals surface area contributed by atoms with Gasteiger partial charge in [-0.3, -0.25) is 14.9 Å². The van der Waals surface area contributed by atoms with E-state index in [-0.39, 0.29) is 18.2 Å². The number of rotatable bonds is 9. The van der Waals surface area contributed by atoms with Crippen molar-refractivity contribution in [3.05, 3.63) is 99.2 Å².